The number of nitrogens with zero attached hydrogens (tertiary/aromatic N) is 3. The fraction of sp³-hybridized carbons (Fsp3) is 0.286. The Balaban J connectivity index is 1.48. The van der Waals surface area contributed by atoms with Crippen LogP contribution in [0.25, 0.3) is 11.0 Å². The molecule has 3 aromatic carbocycles. The Labute approximate surface area is 194 Å². The van der Waals surface area contributed by atoms with Gasteiger partial charge in [-0.05, 0) is 41.3 Å². The fourth-order valence-corrected chi connectivity index (χ4v) is 4.67. The molecular weight excluding hydrogens is 410 g/mol. The third-order valence-electron chi connectivity index (χ3n) is 6.53. The van der Waals surface area contributed by atoms with E-state index in [4.69, 9.17) is 9.72 Å². The summed E-state index contributed by atoms with van der Waals surface area (Å²) in [6, 6.07) is 24.8. The molecule has 168 valence electrons. The van der Waals surface area contributed by atoms with Gasteiger partial charge in [-0.2, -0.15) is 0 Å². The Kier molecular flexibility index (Phi) is 5.63. The summed E-state index contributed by atoms with van der Waals surface area (Å²) in [7, 11) is 1.64. The second-order valence-electron chi connectivity index (χ2n) is 9.05. The predicted molar refractivity (Wildman–Crippen MR) is 132 cm³/mol. The molecule has 0 spiro atoms. The van der Waals surface area contributed by atoms with Crippen molar-refractivity contribution in [3.05, 3.63) is 89.7 Å². The largest absolute Gasteiger partial charge is 0.497 e. The van der Waals surface area contributed by atoms with E-state index in [1.165, 1.54) is 11.1 Å². The molecular formula is C28H29N3O2. The standard InChI is InChI=1S/C28H29N3O2/c1-19(2)21-13-11-20(12-14-21)17-31-26-10-5-4-9-25(26)29-28(31)22-15-27(32)30(18-22)23-7-6-8-24(16-23)33-3/h4-14,16,19,22H,15,17-18H2,1-3H3/t22-/m0/s1. The maximum atomic E-state index is 13.0. The van der Waals surface area contributed by atoms with Crippen LogP contribution in [0.2, 0.25) is 0 Å². The van der Waals surface area contributed by atoms with Gasteiger partial charge >= 0.3 is 0 Å². The summed E-state index contributed by atoms with van der Waals surface area (Å²) in [5.41, 5.74) is 5.52. The Morgan fingerprint density at radius 2 is 1.82 bits per heavy atom. The summed E-state index contributed by atoms with van der Waals surface area (Å²) in [5.74, 6) is 2.39. The molecule has 1 amide bonds. The predicted octanol–water partition coefficient (Wildman–Crippen LogP) is 5.74. The number of methoxy groups -OCH3 is 1. The van der Waals surface area contributed by atoms with Gasteiger partial charge in [0.25, 0.3) is 0 Å². The summed E-state index contributed by atoms with van der Waals surface area (Å²) >= 11 is 0. The van der Waals surface area contributed by atoms with Crippen LogP contribution in [0.5, 0.6) is 5.75 Å². The van der Waals surface area contributed by atoms with Gasteiger partial charge < -0.3 is 14.2 Å². The lowest BCUT2D eigenvalue weighted by Crippen LogP contribution is -2.24. The number of anilines is 1. The number of carbonyl (C=O) groups is 1. The molecule has 1 fully saturated rings. The Morgan fingerprint density at radius 1 is 1.03 bits per heavy atom. The van der Waals surface area contributed by atoms with Crippen LogP contribution in [0, 0.1) is 0 Å². The average Bonchev–Trinajstić information content (AvgIpc) is 3.40. The lowest BCUT2D eigenvalue weighted by atomic mass is 10.0. The van der Waals surface area contributed by atoms with Gasteiger partial charge in [0.05, 0.1) is 18.1 Å². The van der Waals surface area contributed by atoms with Gasteiger partial charge in [0, 0.05) is 37.2 Å². The summed E-state index contributed by atoms with van der Waals surface area (Å²) in [4.78, 5) is 19.8. The Hall–Kier alpha value is -3.60. The first kappa shape index (κ1) is 21.3. The molecule has 1 saturated heterocycles. The minimum Gasteiger partial charge on any atom is -0.497 e. The second-order valence-corrected chi connectivity index (χ2v) is 9.05. The zero-order chi connectivity index (χ0) is 22.9. The van der Waals surface area contributed by atoms with E-state index < -0.39 is 0 Å². The molecule has 0 aliphatic carbocycles. The van der Waals surface area contributed by atoms with Crippen molar-refractivity contribution in [3.8, 4) is 5.75 Å². The highest BCUT2D eigenvalue weighted by Gasteiger charge is 2.35. The number of carbonyl (C=O) groups excluding carboxylic acids is 1. The lowest BCUT2D eigenvalue weighted by molar-refractivity contribution is -0.117. The van der Waals surface area contributed by atoms with Crippen LogP contribution in [0.1, 0.15) is 49.1 Å². The van der Waals surface area contributed by atoms with E-state index in [0.29, 0.717) is 18.9 Å². The minimum absolute atomic E-state index is 0.0334. The monoisotopic (exact) mass is 439 g/mol. The number of amides is 1. The van der Waals surface area contributed by atoms with E-state index in [2.05, 4.69) is 54.8 Å². The van der Waals surface area contributed by atoms with Crippen LogP contribution in [0.3, 0.4) is 0 Å². The van der Waals surface area contributed by atoms with Gasteiger partial charge in [-0.25, -0.2) is 4.98 Å². The van der Waals surface area contributed by atoms with Crippen LogP contribution in [-0.2, 0) is 11.3 Å². The third kappa shape index (κ3) is 4.11. The maximum absolute atomic E-state index is 13.0. The van der Waals surface area contributed by atoms with Crippen molar-refractivity contribution in [2.45, 2.75) is 38.6 Å². The molecule has 5 nitrogen and oxygen atoms in total. The van der Waals surface area contributed by atoms with Crippen molar-refractivity contribution in [3.63, 3.8) is 0 Å². The number of fused-ring (bicyclic) bond motifs is 1. The van der Waals surface area contributed by atoms with Gasteiger partial charge in [0.2, 0.25) is 5.91 Å². The SMILES string of the molecule is COc1cccc(N2C[C@@H](c3nc4ccccc4n3Cc3ccc(C(C)C)cc3)CC2=O)c1. The molecule has 2 heterocycles. The van der Waals surface area contributed by atoms with E-state index in [0.717, 1.165) is 34.8 Å². The summed E-state index contributed by atoms with van der Waals surface area (Å²) in [6.45, 7) is 5.77. The summed E-state index contributed by atoms with van der Waals surface area (Å²) < 4.78 is 7.64. The lowest BCUT2D eigenvalue weighted by Gasteiger charge is -2.18. The van der Waals surface area contributed by atoms with Crippen LogP contribution >= 0.6 is 0 Å². The normalized spacial score (nSPS) is 16.2. The highest BCUT2D eigenvalue weighted by Crippen LogP contribution is 2.34. The number of imidazole rings is 1. The highest BCUT2D eigenvalue weighted by atomic mass is 16.5. The van der Waals surface area contributed by atoms with E-state index in [-0.39, 0.29) is 11.8 Å². The molecule has 1 aliphatic heterocycles. The summed E-state index contributed by atoms with van der Waals surface area (Å²) in [6.07, 6.45) is 0.451. The number of hydrogen-bond donors (Lipinski definition) is 0. The molecule has 1 atom stereocenters. The number of benzene rings is 3. The fourth-order valence-electron chi connectivity index (χ4n) is 4.67. The van der Waals surface area contributed by atoms with Gasteiger partial charge in [-0.15, -0.1) is 0 Å². The number of ether oxygens (including phenoxy) is 1. The minimum atomic E-state index is 0.0334. The van der Waals surface area contributed by atoms with E-state index >= 15 is 0 Å². The number of rotatable bonds is 6. The zero-order valence-corrected chi connectivity index (χ0v) is 19.4. The molecule has 1 aliphatic rings. The molecule has 0 bridgehead atoms. The molecule has 0 unspecified atom stereocenters. The van der Waals surface area contributed by atoms with Crippen molar-refractivity contribution >= 4 is 22.6 Å². The molecule has 5 rings (SSSR count). The molecule has 5 heteroatoms. The highest BCUT2D eigenvalue weighted by molar-refractivity contribution is 5.96. The van der Waals surface area contributed by atoms with E-state index in [1.54, 1.807) is 7.11 Å². The van der Waals surface area contributed by atoms with Crippen molar-refractivity contribution < 1.29 is 9.53 Å². The topological polar surface area (TPSA) is 47.4 Å². The van der Waals surface area contributed by atoms with Crippen molar-refractivity contribution in [1.29, 1.82) is 0 Å². The van der Waals surface area contributed by atoms with Crippen LogP contribution in [0.15, 0.2) is 72.8 Å². The molecule has 0 N–H and O–H groups in total. The number of para-hydroxylation sites is 2. The third-order valence-corrected chi connectivity index (χ3v) is 6.53. The van der Waals surface area contributed by atoms with Gasteiger partial charge in [0.1, 0.15) is 11.6 Å². The Morgan fingerprint density at radius 3 is 2.58 bits per heavy atom. The van der Waals surface area contributed by atoms with Crippen LogP contribution < -0.4 is 9.64 Å². The number of hydrogen-bond acceptors (Lipinski definition) is 3. The molecule has 4 aromatic rings. The number of aromatic nitrogens is 2. The maximum Gasteiger partial charge on any atom is 0.227 e. The molecule has 1 aromatic heterocycles. The first-order chi connectivity index (χ1) is 16.0. The van der Waals surface area contributed by atoms with E-state index in [1.807, 2.05) is 41.3 Å². The first-order valence-corrected chi connectivity index (χ1v) is 11.5. The smallest absolute Gasteiger partial charge is 0.227 e. The average molecular weight is 440 g/mol. The molecule has 0 saturated carbocycles. The summed E-state index contributed by atoms with van der Waals surface area (Å²) in [5, 5.41) is 0. The van der Waals surface area contributed by atoms with Crippen molar-refractivity contribution in [2.24, 2.45) is 0 Å². The van der Waals surface area contributed by atoms with Crippen LogP contribution in [-0.4, -0.2) is 29.1 Å². The van der Waals surface area contributed by atoms with Gasteiger partial charge in [-0.1, -0.05) is 56.3 Å². The zero-order valence-electron chi connectivity index (χ0n) is 19.4. The van der Waals surface area contributed by atoms with Crippen LogP contribution in [0.4, 0.5) is 5.69 Å². The Bertz CT molecular complexity index is 1290. The first-order valence-electron chi connectivity index (χ1n) is 11.5. The van der Waals surface area contributed by atoms with Gasteiger partial charge in [0.15, 0.2) is 0 Å². The van der Waals surface area contributed by atoms with Gasteiger partial charge in [-0.3, -0.25) is 4.79 Å². The molecule has 0 radical (unpaired) electrons. The van der Waals surface area contributed by atoms with Crippen molar-refractivity contribution in [1.82, 2.24) is 9.55 Å². The second kappa shape index (κ2) is 8.74. The molecule has 33 heavy (non-hydrogen) atoms. The van der Waals surface area contributed by atoms with Crippen molar-refractivity contribution in [2.75, 3.05) is 18.6 Å². The van der Waals surface area contributed by atoms with E-state index in [9.17, 15) is 4.79 Å². The quantitative estimate of drug-likeness (QED) is 0.385.